The van der Waals surface area contributed by atoms with Crippen LogP contribution in [0.2, 0.25) is 0 Å². The van der Waals surface area contributed by atoms with Crippen molar-refractivity contribution in [1.29, 1.82) is 0 Å². The van der Waals surface area contributed by atoms with Gasteiger partial charge in [-0.15, -0.1) is 0 Å². The zero-order chi connectivity index (χ0) is 23.6. The number of rotatable bonds is 7. The first-order chi connectivity index (χ1) is 15.7. The third kappa shape index (κ3) is 5.44. The van der Waals surface area contributed by atoms with Crippen molar-refractivity contribution in [1.82, 2.24) is 4.98 Å². The highest BCUT2D eigenvalue weighted by molar-refractivity contribution is 7.90. The van der Waals surface area contributed by atoms with Gasteiger partial charge in [-0.05, 0) is 42.7 Å². The smallest absolute Gasteiger partial charge is 0.270 e. The Labute approximate surface area is 194 Å². The molecule has 0 radical (unpaired) electrons. The Hall–Kier alpha value is -3.15. The van der Waals surface area contributed by atoms with Gasteiger partial charge < -0.3 is 4.74 Å². The Morgan fingerprint density at radius 2 is 2.15 bits per heavy atom. The summed E-state index contributed by atoms with van der Waals surface area (Å²) >= 11 is 1.23. The molecule has 1 aliphatic heterocycles. The van der Waals surface area contributed by atoms with E-state index >= 15 is 0 Å². The van der Waals surface area contributed by atoms with E-state index in [0.717, 1.165) is 19.1 Å². The van der Waals surface area contributed by atoms with E-state index in [1.54, 1.807) is 24.3 Å². The molecule has 172 valence electrons. The number of carbonyl (C=O) groups excluding carboxylic acids is 1. The fourth-order valence-electron chi connectivity index (χ4n) is 3.49. The van der Waals surface area contributed by atoms with E-state index < -0.39 is 14.8 Å². The molecule has 1 amide bonds. The molecule has 1 saturated heterocycles. The van der Waals surface area contributed by atoms with Gasteiger partial charge in [0.1, 0.15) is 0 Å². The lowest BCUT2D eigenvalue weighted by Gasteiger charge is -2.21. The maximum absolute atomic E-state index is 13.1. The first-order valence-electron chi connectivity index (χ1n) is 10.2. The number of thiazole rings is 1. The molecule has 3 aromatic rings. The highest BCUT2D eigenvalue weighted by Crippen LogP contribution is 2.32. The fraction of sp³-hybridized carbons (Fsp3) is 0.273. The number of aromatic nitrogens is 1. The summed E-state index contributed by atoms with van der Waals surface area (Å²) in [4.78, 5) is 29.9. The molecule has 1 fully saturated rings. The molecule has 0 aliphatic carbocycles. The molecule has 1 aromatic heterocycles. The van der Waals surface area contributed by atoms with Crippen molar-refractivity contribution in [3.05, 3.63) is 64.2 Å². The number of sulfone groups is 1. The van der Waals surface area contributed by atoms with Crippen molar-refractivity contribution in [2.45, 2.75) is 23.8 Å². The summed E-state index contributed by atoms with van der Waals surface area (Å²) in [6.07, 6.45) is 5.62. The lowest BCUT2D eigenvalue weighted by molar-refractivity contribution is -0.384. The van der Waals surface area contributed by atoms with Crippen LogP contribution in [0.5, 0.6) is 0 Å². The molecule has 0 N–H and O–H groups in total. The lowest BCUT2D eigenvalue weighted by Crippen LogP contribution is -2.36. The Kier molecular flexibility index (Phi) is 6.54. The number of amides is 1. The van der Waals surface area contributed by atoms with E-state index in [4.69, 9.17) is 4.74 Å². The van der Waals surface area contributed by atoms with E-state index in [-0.39, 0.29) is 22.6 Å². The van der Waals surface area contributed by atoms with Crippen LogP contribution in [0.1, 0.15) is 18.4 Å². The third-order valence-corrected chi connectivity index (χ3v) is 7.33. The van der Waals surface area contributed by atoms with Crippen LogP contribution >= 0.6 is 11.3 Å². The number of nitrogens with zero attached hydrogens (tertiary/aromatic N) is 3. The molecule has 1 unspecified atom stereocenters. The van der Waals surface area contributed by atoms with Gasteiger partial charge in [0.05, 0.1) is 32.7 Å². The van der Waals surface area contributed by atoms with Crippen LogP contribution in [0.25, 0.3) is 16.3 Å². The monoisotopic (exact) mass is 487 g/mol. The van der Waals surface area contributed by atoms with Crippen molar-refractivity contribution in [2.75, 3.05) is 24.3 Å². The van der Waals surface area contributed by atoms with Gasteiger partial charge >= 0.3 is 0 Å². The number of fused-ring (bicyclic) bond motifs is 1. The maximum atomic E-state index is 13.1. The molecule has 0 spiro atoms. The first kappa shape index (κ1) is 23.0. The topological polar surface area (TPSA) is 120 Å². The summed E-state index contributed by atoms with van der Waals surface area (Å²) in [6.45, 7) is 0.935. The minimum absolute atomic E-state index is 0.0614. The van der Waals surface area contributed by atoms with Crippen molar-refractivity contribution in [3.8, 4) is 0 Å². The van der Waals surface area contributed by atoms with Crippen LogP contribution in [-0.4, -0.2) is 49.7 Å². The molecule has 0 saturated carbocycles. The zero-order valence-electron chi connectivity index (χ0n) is 17.7. The minimum atomic E-state index is -3.37. The van der Waals surface area contributed by atoms with Crippen molar-refractivity contribution >= 4 is 54.2 Å². The lowest BCUT2D eigenvalue weighted by atomic mass is 10.2. The second kappa shape index (κ2) is 9.38. The molecule has 0 bridgehead atoms. The molecular formula is C22H21N3O6S2. The molecule has 33 heavy (non-hydrogen) atoms. The van der Waals surface area contributed by atoms with Gasteiger partial charge in [-0.3, -0.25) is 19.8 Å². The Balaban J connectivity index is 1.65. The number of anilines is 1. The van der Waals surface area contributed by atoms with Crippen LogP contribution in [-0.2, 0) is 19.4 Å². The van der Waals surface area contributed by atoms with Crippen LogP contribution in [0.15, 0.2) is 53.4 Å². The van der Waals surface area contributed by atoms with E-state index in [0.29, 0.717) is 34.1 Å². The quantitative estimate of drug-likeness (QED) is 0.282. The summed E-state index contributed by atoms with van der Waals surface area (Å²) in [6, 6.07) is 10.7. The zero-order valence-corrected chi connectivity index (χ0v) is 19.3. The van der Waals surface area contributed by atoms with Crippen LogP contribution in [0, 0.1) is 10.1 Å². The summed E-state index contributed by atoms with van der Waals surface area (Å²) in [5.74, 6) is -0.348. The Bertz CT molecular complexity index is 1340. The van der Waals surface area contributed by atoms with Gasteiger partial charge in [0.15, 0.2) is 15.0 Å². The molecular weight excluding hydrogens is 466 g/mol. The highest BCUT2D eigenvalue weighted by atomic mass is 32.2. The van der Waals surface area contributed by atoms with E-state index in [1.807, 2.05) is 0 Å². The average molecular weight is 488 g/mol. The number of carbonyl (C=O) groups is 1. The number of non-ortho nitro benzene ring substituents is 1. The molecule has 1 aliphatic rings. The number of benzene rings is 2. The van der Waals surface area contributed by atoms with Crippen LogP contribution in [0.4, 0.5) is 10.8 Å². The number of nitro benzene ring substituents is 1. The number of hydrogen-bond acceptors (Lipinski definition) is 8. The maximum Gasteiger partial charge on any atom is 0.270 e. The van der Waals surface area contributed by atoms with Gasteiger partial charge in [-0.2, -0.15) is 0 Å². The highest BCUT2D eigenvalue weighted by Gasteiger charge is 2.25. The molecule has 2 heterocycles. The summed E-state index contributed by atoms with van der Waals surface area (Å²) in [5.41, 5.74) is 1.06. The van der Waals surface area contributed by atoms with E-state index in [2.05, 4.69) is 4.98 Å². The van der Waals surface area contributed by atoms with E-state index in [9.17, 15) is 23.3 Å². The second-order valence-electron chi connectivity index (χ2n) is 7.67. The van der Waals surface area contributed by atoms with Gasteiger partial charge in [0, 0.05) is 31.1 Å². The second-order valence-corrected chi connectivity index (χ2v) is 10.7. The Morgan fingerprint density at radius 1 is 1.33 bits per heavy atom. The van der Waals surface area contributed by atoms with Gasteiger partial charge in [-0.25, -0.2) is 13.4 Å². The normalized spacial score (nSPS) is 16.5. The molecule has 9 nitrogen and oxygen atoms in total. The number of hydrogen-bond donors (Lipinski definition) is 0. The molecule has 2 aromatic carbocycles. The largest absolute Gasteiger partial charge is 0.376 e. The van der Waals surface area contributed by atoms with Crippen LogP contribution < -0.4 is 4.90 Å². The molecule has 4 rings (SSSR count). The fourth-order valence-corrected chi connectivity index (χ4v) is 5.23. The Morgan fingerprint density at radius 3 is 2.85 bits per heavy atom. The summed E-state index contributed by atoms with van der Waals surface area (Å²) in [5, 5.41) is 11.4. The molecule has 1 atom stereocenters. The SMILES string of the molecule is CS(=O)(=O)c1ccc2nc(N(CC3CCCO3)C(=O)/C=C/c3cccc([N+](=O)[O-])c3)sc2c1. The molecule has 11 heteroatoms. The minimum Gasteiger partial charge on any atom is -0.376 e. The third-order valence-electron chi connectivity index (χ3n) is 5.18. The predicted molar refractivity (Wildman–Crippen MR) is 126 cm³/mol. The van der Waals surface area contributed by atoms with Crippen molar-refractivity contribution in [3.63, 3.8) is 0 Å². The van der Waals surface area contributed by atoms with Gasteiger partial charge in [0.25, 0.3) is 11.6 Å². The summed E-state index contributed by atoms with van der Waals surface area (Å²) < 4.78 is 30.1. The number of ether oxygens (including phenoxy) is 1. The first-order valence-corrected chi connectivity index (χ1v) is 12.9. The van der Waals surface area contributed by atoms with Gasteiger partial charge in [0.2, 0.25) is 0 Å². The van der Waals surface area contributed by atoms with E-state index in [1.165, 1.54) is 46.6 Å². The van der Waals surface area contributed by atoms with Crippen molar-refractivity contribution < 1.29 is 22.9 Å². The van der Waals surface area contributed by atoms with Gasteiger partial charge in [-0.1, -0.05) is 23.5 Å². The predicted octanol–water partition coefficient (Wildman–Crippen LogP) is 3.83. The van der Waals surface area contributed by atoms with Crippen molar-refractivity contribution in [2.24, 2.45) is 0 Å². The van der Waals surface area contributed by atoms with Crippen LogP contribution in [0.3, 0.4) is 0 Å². The number of nitro groups is 1. The average Bonchev–Trinajstić information content (AvgIpc) is 3.44. The summed E-state index contributed by atoms with van der Waals surface area (Å²) in [7, 11) is -3.37. The standard InChI is InChI=1S/C22H21N3O6S2/c1-33(29,30)18-8-9-19-20(13-18)32-22(23-19)24(14-17-6-3-11-31-17)21(26)10-7-15-4-2-5-16(12-15)25(27)28/h2,4-5,7-10,12-13,17H,3,6,11,14H2,1H3/b10-7+.